The summed E-state index contributed by atoms with van der Waals surface area (Å²) in [6.07, 6.45) is 6.43. The van der Waals surface area contributed by atoms with Crippen LogP contribution in [0.4, 0.5) is 0 Å². The molecule has 21 heavy (non-hydrogen) atoms. The molecule has 0 radical (unpaired) electrons. The lowest BCUT2D eigenvalue weighted by atomic mass is 10.1. The van der Waals surface area contributed by atoms with Crippen molar-refractivity contribution >= 4 is 10.0 Å². The summed E-state index contributed by atoms with van der Waals surface area (Å²) in [5.74, 6) is 0.416. The van der Waals surface area contributed by atoms with Crippen LogP contribution in [0.3, 0.4) is 0 Å². The van der Waals surface area contributed by atoms with Gasteiger partial charge in [0.1, 0.15) is 10.6 Å². The number of nitrogens with one attached hydrogen (secondary N) is 1. The summed E-state index contributed by atoms with van der Waals surface area (Å²) in [5.41, 5.74) is 1.98. The van der Waals surface area contributed by atoms with E-state index in [4.69, 9.17) is 4.74 Å². The molecule has 0 spiro atoms. The van der Waals surface area contributed by atoms with Crippen LogP contribution in [0.25, 0.3) is 0 Å². The molecule has 0 amide bonds. The van der Waals surface area contributed by atoms with Gasteiger partial charge in [-0.05, 0) is 49.9 Å². The van der Waals surface area contributed by atoms with E-state index in [0.717, 1.165) is 36.8 Å². The Balaban J connectivity index is 2.28. The summed E-state index contributed by atoms with van der Waals surface area (Å²) in [4.78, 5) is 0.248. The molecule has 0 aliphatic heterocycles. The molecule has 1 aromatic carbocycles. The minimum absolute atomic E-state index is 0.0452. The molecule has 2 rings (SSSR count). The zero-order valence-electron chi connectivity index (χ0n) is 13.1. The number of ether oxygens (including phenoxy) is 1. The molecule has 1 N–H and O–H groups in total. The number of benzene rings is 1. The van der Waals surface area contributed by atoms with Crippen molar-refractivity contribution in [2.24, 2.45) is 0 Å². The molecule has 0 bridgehead atoms. The lowest BCUT2D eigenvalue weighted by Gasteiger charge is -2.18. The Kier molecular flexibility index (Phi) is 5.27. The molecule has 1 saturated carbocycles. The van der Waals surface area contributed by atoms with E-state index >= 15 is 0 Å². The van der Waals surface area contributed by atoms with Crippen LogP contribution in [-0.4, -0.2) is 21.6 Å². The topological polar surface area (TPSA) is 55.4 Å². The third-order valence-electron chi connectivity index (χ3n) is 4.25. The van der Waals surface area contributed by atoms with Crippen LogP contribution < -0.4 is 9.46 Å². The van der Waals surface area contributed by atoms with Gasteiger partial charge in [-0.1, -0.05) is 25.7 Å². The van der Waals surface area contributed by atoms with Gasteiger partial charge in [0.05, 0.1) is 7.11 Å². The summed E-state index contributed by atoms with van der Waals surface area (Å²) in [6, 6.07) is 3.54. The van der Waals surface area contributed by atoms with Crippen molar-refractivity contribution in [3.63, 3.8) is 0 Å². The van der Waals surface area contributed by atoms with Crippen molar-refractivity contribution in [1.82, 2.24) is 4.72 Å². The van der Waals surface area contributed by atoms with Gasteiger partial charge in [0.15, 0.2) is 0 Å². The van der Waals surface area contributed by atoms with Gasteiger partial charge in [0.25, 0.3) is 0 Å². The van der Waals surface area contributed by atoms with Crippen LogP contribution in [-0.2, 0) is 10.0 Å². The molecular weight excluding hydrogens is 286 g/mol. The van der Waals surface area contributed by atoms with Gasteiger partial charge in [0.2, 0.25) is 10.0 Å². The van der Waals surface area contributed by atoms with Crippen molar-refractivity contribution in [1.29, 1.82) is 0 Å². The highest BCUT2D eigenvalue weighted by Gasteiger charge is 2.24. The first-order valence-electron chi connectivity index (χ1n) is 7.61. The quantitative estimate of drug-likeness (QED) is 0.868. The van der Waals surface area contributed by atoms with Gasteiger partial charge in [-0.2, -0.15) is 0 Å². The SMILES string of the molecule is COc1cc(C)c(C)cc1S(=O)(=O)NC1CCCCCC1. The van der Waals surface area contributed by atoms with E-state index in [1.807, 2.05) is 13.8 Å². The Bertz CT molecular complexity index is 588. The molecular formula is C16H25NO3S. The smallest absolute Gasteiger partial charge is 0.244 e. The lowest BCUT2D eigenvalue weighted by Crippen LogP contribution is -2.34. The average Bonchev–Trinajstić information content (AvgIpc) is 2.69. The molecule has 0 unspecified atom stereocenters. The fourth-order valence-electron chi connectivity index (χ4n) is 2.81. The van der Waals surface area contributed by atoms with E-state index in [9.17, 15) is 8.42 Å². The zero-order chi connectivity index (χ0) is 15.5. The minimum Gasteiger partial charge on any atom is -0.495 e. The second-order valence-corrected chi connectivity index (χ2v) is 7.58. The predicted octanol–water partition coefficient (Wildman–Crippen LogP) is 3.31. The Morgan fingerprint density at radius 2 is 1.62 bits per heavy atom. The number of rotatable bonds is 4. The minimum atomic E-state index is -3.53. The molecule has 0 saturated heterocycles. The Morgan fingerprint density at radius 1 is 1.05 bits per heavy atom. The maximum atomic E-state index is 12.7. The number of aryl methyl sites for hydroxylation is 2. The fraction of sp³-hybridized carbons (Fsp3) is 0.625. The number of methoxy groups -OCH3 is 1. The molecule has 4 nitrogen and oxygen atoms in total. The molecule has 0 atom stereocenters. The molecule has 0 heterocycles. The third kappa shape index (κ3) is 3.98. The Hall–Kier alpha value is -1.07. The molecule has 118 valence electrons. The van der Waals surface area contributed by atoms with E-state index in [-0.39, 0.29) is 10.9 Å². The van der Waals surface area contributed by atoms with Crippen LogP contribution >= 0.6 is 0 Å². The summed E-state index contributed by atoms with van der Waals surface area (Å²) >= 11 is 0. The van der Waals surface area contributed by atoms with Crippen molar-refractivity contribution < 1.29 is 13.2 Å². The molecule has 5 heteroatoms. The Morgan fingerprint density at radius 3 is 2.19 bits per heavy atom. The molecule has 1 aliphatic rings. The Labute approximate surface area is 127 Å². The second-order valence-electron chi connectivity index (χ2n) is 5.90. The van der Waals surface area contributed by atoms with Crippen LogP contribution in [0.1, 0.15) is 49.7 Å². The monoisotopic (exact) mass is 311 g/mol. The van der Waals surface area contributed by atoms with Gasteiger partial charge in [-0.25, -0.2) is 13.1 Å². The molecule has 0 aromatic heterocycles. The first kappa shape index (κ1) is 16.3. The van der Waals surface area contributed by atoms with Crippen LogP contribution in [0.15, 0.2) is 17.0 Å². The number of hydrogen-bond donors (Lipinski definition) is 1. The average molecular weight is 311 g/mol. The summed E-state index contributed by atoms with van der Waals surface area (Å²) < 4.78 is 33.5. The van der Waals surface area contributed by atoms with Crippen molar-refractivity contribution in [2.75, 3.05) is 7.11 Å². The van der Waals surface area contributed by atoms with E-state index in [1.54, 1.807) is 12.1 Å². The summed E-state index contributed by atoms with van der Waals surface area (Å²) in [6.45, 7) is 3.87. The maximum Gasteiger partial charge on any atom is 0.244 e. The molecule has 1 fully saturated rings. The van der Waals surface area contributed by atoms with Crippen molar-refractivity contribution in [2.45, 2.75) is 63.3 Å². The largest absolute Gasteiger partial charge is 0.495 e. The predicted molar refractivity (Wildman–Crippen MR) is 84.3 cm³/mol. The zero-order valence-corrected chi connectivity index (χ0v) is 13.9. The standard InChI is InChI=1S/C16H25NO3S/c1-12-10-15(20-3)16(11-13(12)2)21(18,19)17-14-8-6-4-5-7-9-14/h10-11,14,17H,4-9H2,1-3H3. The first-order valence-corrected chi connectivity index (χ1v) is 9.10. The lowest BCUT2D eigenvalue weighted by molar-refractivity contribution is 0.401. The van der Waals surface area contributed by atoms with Gasteiger partial charge < -0.3 is 4.74 Å². The van der Waals surface area contributed by atoms with E-state index in [2.05, 4.69) is 4.72 Å². The highest BCUT2D eigenvalue weighted by molar-refractivity contribution is 7.89. The summed E-state index contributed by atoms with van der Waals surface area (Å²) in [7, 11) is -2.02. The van der Waals surface area contributed by atoms with Gasteiger partial charge >= 0.3 is 0 Å². The van der Waals surface area contributed by atoms with Crippen LogP contribution in [0.5, 0.6) is 5.75 Å². The molecule has 1 aromatic rings. The summed E-state index contributed by atoms with van der Waals surface area (Å²) in [5, 5.41) is 0. The fourth-order valence-corrected chi connectivity index (χ4v) is 4.35. The normalized spacial score (nSPS) is 17.5. The number of hydrogen-bond acceptors (Lipinski definition) is 3. The van der Waals surface area contributed by atoms with E-state index in [1.165, 1.54) is 20.0 Å². The first-order chi connectivity index (χ1) is 9.94. The van der Waals surface area contributed by atoms with Gasteiger partial charge in [-0.15, -0.1) is 0 Å². The third-order valence-corrected chi connectivity index (χ3v) is 5.79. The van der Waals surface area contributed by atoms with E-state index < -0.39 is 10.0 Å². The highest BCUT2D eigenvalue weighted by Crippen LogP contribution is 2.28. The molecule has 1 aliphatic carbocycles. The van der Waals surface area contributed by atoms with Crippen LogP contribution in [0, 0.1) is 13.8 Å². The van der Waals surface area contributed by atoms with Crippen molar-refractivity contribution in [3.05, 3.63) is 23.3 Å². The van der Waals surface area contributed by atoms with E-state index in [0.29, 0.717) is 5.75 Å². The van der Waals surface area contributed by atoms with Gasteiger partial charge in [-0.3, -0.25) is 0 Å². The van der Waals surface area contributed by atoms with Gasteiger partial charge in [0, 0.05) is 6.04 Å². The second kappa shape index (κ2) is 6.79. The highest BCUT2D eigenvalue weighted by atomic mass is 32.2. The van der Waals surface area contributed by atoms with Crippen molar-refractivity contribution in [3.8, 4) is 5.75 Å². The maximum absolute atomic E-state index is 12.7. The van der Waals surface area contributed by atoms with Crippen LogP contribution in [0.2, 0.25) is 0 Å². The number of sulfonamides is 1.